The first-order valence-electron chi connectivity index (χ1n) is 6.54. The maximum atomic E-state index is 12.2. The van der Waals surface area contributed by atoms with Crippen LogP contribution >= 0.6 is 11.6 Å². The number of carbonyl (C=O) groups excluding carboxylic acids is 1. The predicted octanol–water partition coefficient (Wildman–Crippen LogP) is 3.65. The third kappa shape index (κ3) is 3.55. The Balaban J connectivity index is 2.46. The van der Waals surface area contributed by atoms with E-state index in [1.807, 2.05) is 39.0 Å². The van der Waals surface area contributed by atoms with Crippen LogP contribution in [0.5, 0.6) is 0 Å². The number of nitrogens with two attached hydrogens (primary N) is 1. The van der Waals surface area contributed by atoms with E-state index in [1.165, 1.54) is 4.57 Å². The van der Waals surface area contributed by atoms with Gasteiger partial charge >= 0.3 is 6.09 Å². The second-order valence-electron chi connectivity index (χ2n) is 5.61. The van der Waals surface area contributed by atoms with E-state index in [1.54, 1.807) is 12.3 Å². The summed E-state index contributed by atoms with van der Waals surface area (Å²) in [6.45, 7) is 5.48. The molecule has 2 aromatic rings. The van der Waals surface area contributed by atoms with Crippen molar-refractivity contribution < 1.29 is 9.53 Å². The molecule has 0 atom stereocenters. The van der Waals surface area contributed by atoms with Crippen molar-refractivity contribution in [3.05, 3.63) is 30.5 Å². The number of ether oxygens (including phenoxy) is 1. The minimum atomic E-state index is -0.549. The van der Waals surface area contributed by atoms with Crippen molar-refractivity contribution in [3.8, 4) is 0 Å². The quantitative estimate of drug-likeness (QED) is 0.523. The van der Waals surface area contributed by atoms with Gasteiger partial charge in [0.25, 0.3) is 0 Å². The normalized spacial score (nSPS) is 12.7. The zero-order valence-electron chi connectivity index (χ0n) is 12.3. The van der Waals surface area contributed by atoms with Crippen LogP contribution in [-0.4, -0.2) is 28.0 Å². The molecule has 0 unspecified atom stereocenters. The number of halogens is 1. The van der Waals surface area contributed by atoms with Crippen LogP contribution in [0, 0.1) is 0 Å². The average Bonchev–Trinajstić information content (AvgIpc) is 2.81. The van der Waals surface area contributed by atoms with Gasteiger partial charge < -0.3 is 10.5 Å². The van der Waals surface area contributed by atoms with Crippen molar-refractivity contribution in [1.29, 1.82) is 0 Å². The molecule has 1 aromatic heterocycles. The van der Waals surface area contributed by atoms with Crippen LogP contribution in [-0.2, 0) is 4.74 Å². The summed E-state index contributed by atoms with van der Waals surface area (Å²) >= 11 is 5.65. The number of fused-ring (bicyclic) bond motifs is 1. The summed E-state index contributed by atoms with van der Waals surface area (Å²) in [6.07, 6.45) is 1.23. The van der Waals surface area contributed by atoms with Gasteiger partial charge in [-0.25, -0.2) is 9.79 Å². The van der Waals surface area contributed by atoms with Crippen molar-refractivity contribution in [3.63, 3.8) is 0 Å². The molecular weight excluding hydrogens is 290 g/mol. The van der Waals surface area contributed by atoms with Crippen molar-refractivity contribution in [2.24, 2.45) is 10.7 Å². The monoisotopic (exact) mass is 307 g/mol. The minimum absolute atomic E-state index is 0.156. The molecule has 0 saturated heterocycles. The smallest absolute Gasteiger partial charge is 0.418 e. The van der Waals surface area contributed by atoms with Crippen LogP contribution in [0.1, 0.15) is 20.8 Å². The standard InChI is InChI=1S/C15H18ClN3O2/c1-15(2,3)21-14(20)19-8-7-10-11(18-13(17)9-16)5-4-6-12(10)19/h4-8H,9H2,1-3H3,(H2,17,18). The van der Waals surface area contributed by atoms with Crippen LogP contribution in [0.2, 0.25) is 0 Å². The van der Waals surface area contributed by atoms with Crippen molar-refractivity contribution in [2.75, 3.05) is 5.88 Å². The Morgan fingerprint density at radius 1 is 1.38 bits per heavy atom. The van der Waals surface area contributed by atoms with Gasteiger partial charge in [0, 0.05) is 11.6 Å². The lowest BCUT2D eigenvalue weighted by molar-refractivity contribution is 0.0544. The molecule has 0 saturated carbocycles. The van der Waals surface area contributed by atoms with Gasteiger partial charge in [-0.15, -0.1) is 11.6 Å². The third-order valence-corrected chi connectivity index (χ3v) is 2.97. The Bertz CT molecular complexity index is 698. The van der Waals surface area contributed by atoms with Crippen LogP contribution in [0.4, 0.5) is 10.5 Å². The Kier molecular flexibility index (Phi) is 4.23. The number of hydrogen-bond acceptors (Lipinski definition) is 3. The van der Waals surface area contributed by atoms with Gasteiger partial charge in [-0.2, -0.15) is 0 Å². The van der Waals surface area contributed by atoms with Crippen molar-refractivity contribution in [1.82, 2.24) is 4.57 Å². The van der Waals surface area contributed by atoms with E-state index in [0.717, 1.165) is 5.39 Å². The molecule has 6 heteroatoms. The Morgan fingerprint density at radius 2 is 2.10 bits per heavy atom. The number of aliphatic imine (C=N–C) groups is 1. The van der Waals surface area contributed by atoms with Crippen LogP contribution in [0.3, 0.4) is 0 Å². The lowest BCUT2D eigenvalue weighted by Crippen LogP contribution is -2.26. The predicted molar refractivity (Wildman–Crippen MR) is 85.6 cm³/mol. The highest BCUT2D eigenvalue weighted by Gasteiger charge is 2.19. The molecular formula is C15H18ClN3O2. The maximum Gasteiger partial charge on any atom is 0.418 e. The fraction of sp³-hybridized carbons (Fsp3) is 0.333. The van der Waals surface area contributed by atoms with E-state index in [9.17, 15) is 4.79 Å². The number of amidine groups is 1. The van der Waals surface area contributed by atoms with Crippen LogP contribution < -0.4 is 5.73 Å². The SMILES string of the molecule is CC(C)(C)OC(=O)n1ccc2c(N=C(N)CCl)cccc21. The number of alkyl halides is 1. The number of aromatic nitrogens is 1. The lowest BCUT2D eigenvalue weighted by atomic mass is 10.2. The molecule has 0 aliphatic heterocycles. The molecule has 0 fully saturated rings. The summed E-state index contributed by atoms with van der Waals surface area (Å²) in [5, 5.41) is 0.816. The second-order valence-corrected chi connectivity index (χ2v) is 5.88. The fourth-order valence-corrected chi connectivity index (χ4v) is 1.96. The number of nitrogens with zero attached hydrogens (tertiary/aromatic N) is 2. The van der Waals surface area contributed by atoms with Gasteiger partial charge in [-0.05, 0) is 39.0 Å². The summed E-state index contributed by atoms with van der Waals surface area (Å²) in [5.41, 5.74) is 6.51. The first-order chi connectivity index (χ1) is 9.81. The zero-order chi connectivity index (χ0) is 15.6. The summed E-state index contributed by atoms with van der Waals surface area (Å²) in [5.74, 6) is 0.484. The molecule has 1 heterocycles. The zero-order valence-corrected chi connectivity index (χ0v) is 13.0. The summed E-state index contributed by atoms with van der Waals surface area (Å²) < 4.78 is 6.83. The highest BCUT2D eigenvalue weighted by Crippen LogP contribution is 2.27. The second kappa shape index (κ2) is 5.77. The lowest BCUT2D eigenvalue weighted by Gasteiger charge is -2.19. The van der Waals surface area contributed by atoms with Gasteiger partial charge in [0.15, 0.2) is 0 Å². The molecule has 2 N–H and O–H groups in total. The molecule has 0 spiro atoms. The summed E-state index contributed by atoms with van der Waals surface area (Å²) in [7, 11) is 0. The topological polar surface area (TPSA) is 69.6 Å². The van der Waals surface area contributed by atoms with Gasteiger partial charge in [0.2, 0.25) is 0 Å². The van der Waals surface area contributed by atoms with Crippen molar-refractivity contribution >= 4 is 40.1 Å². The third-order valence-electron chi connectivity index (χ3n) is 2.70. The Labute approximate surface area is 128 Å². The first kappa shape index (κ1) is 15.4. The highest BCUT2D eigenvalue weighted by molar-refractivity contribution is 6.28. The summed E-state index contributed by atoms with van der Waals surface area (Å²) in [6, 6.07) is 7.26. The number of rotatable bonds is 2. The average molecular weight is 308 g/mol. The maximum absolute atomic E-state index is 12.2. The molecule has 21 heavy (non-hydrogen) atoms. The Morgan fingerprint density at radius 3 is 2.71 bits per heavy atom. The molecule has 0 bridgehead atoms. The van der Waals surface area contributed by atoms with E-state index >= 15 is 0 Å². The van der Waals surface area contributed by atoms with Crippen LogP contribution in [0.15, 0.2) is 35.5 Å². The van der Waals surface area contributed by atoms with Gasteiger partial charge in [0.05, 0.1) is 17.1 Å². The molecule has 0 aliphatic carbocycles. The number of benzene rings is 1. The Hall–Kier alpha value is -2.01. The van der Waals surface area contributed by atoms with E-state index in [4.69, 9.17) is 22.1 Å². The van der Waals surface area contributed by atoms with Gasteiger partial charge in [-0.1, -0.05) is 6.07 Å². The largest absolute Gasteiger partial charge is 0.443 e. The first-order valence-corrected chi connectivity index (χ1v) is 7.08. The molecule has 2 rings (SSSR count). The van der Waals surface area contributed by atoms with Gasteiger partial charge in [0.1, 0.15) is 11.4 Å². The van der Waals surface area contributed by atoms with E-state index in [0.29, 0.717) is 17.0 Å². The molecule has 112 valence electrons. The molecule has 0 radical (unpaired) electrons. The minimum Gasteiger partial charge on any atom is -0.443 e. The van der Waals surface area contributed by atoms with Gasteiger partial charge in [-0.3, -0.25) is 4.57 Å². The number of hydrogen-bond donors (Lipinski definition) is 1. The fourth-order valence-electron chi connectivity index (χ4n) is 1.90. The molecule has 0 amide bonds. The number of carbonyl (C=O) groups is 1. The van der Waals surface area contributed by atoms with Crippen molar-refractivity contribution in [2.45, 2.75) is 26.4 Å². The highest BCUT2D eigenvalue weighted by atomic mass is 35.5. The molecule has 1 aromatic carbocycles. The van der Waals surface area contributed by atoms with E-state index in [2.05, 4.69) is 4.99 Å². The van der Waals surface area contributed by atoms with Crippen LogP contribution in [0.25, 0.3) is 10.9 Å². The van der Waals surface area contributed by atoms with E-state index < -0.39 is 11.7 Å². The summed E-state index contributed by atoms with van der Waals surface area (Å²) in [4.78, 5) is 16.4. The molecule has 5 nitrogen and oxygen atoms in total. The molecule has 0 aliphatic rings. The van der Waals surface area contributed by atoms with E-state index in [-0.39, 0.29) is 5.88 Å².